The molecule has 4 N–H and O–H groups in total. The van der Waals surface area contributed by atoms with Gasteiger partial charge in [0.15, 0.2) is 0 Å². The minimum Gasteiger partial charge on any atom is -0.368 e. The van der Waals surface area contributed by atoms with Gasteiger partial charge >= 0.3 is 0 Å². The summed E-state index contributed by atoms with van der Waals surface area (Å²) in [6.45, 7) is 3.17. The largest absolute Gasteiger partial charge is 0.368 e. The van der Waals surface area contributed by atoms with Crippen LogP contribution in [0.4, 0.5) is 11.4 Å². The van der Waals surface area contributed by atoms with Crippen LogP contribution in [0.3, 0.4) is 0 Å². The standard InChI is InChI=1S/C24H22N8O2/c33-23(30-17-5-1-15(2-6-17)21-26-9-10-27-21)19-13-25-14-20(32-19)24(34)31-18-7-3-16(4-8-18)22-28-11-12-29-22/h1-8,13-14H,9-12H2,(H,26,27)(H,28,29)(H,30,33)(H,31,34). The van der Waals surface area contributed by atoms with Gasteiger partial charge in [-0.2, -0.15) is 0 Å². The fourth-order valence-electron chi connectivity index (χ4n) is 3.58. The highest BCUT2D eigenvalue weighted by molar-refractivity contribution is 6.06. The Labute approximate surface area is 195 Å². The molecule has 3 heterocycles. The lowest BCUT2D eigenvalue weighted by atomic mass is 10.2. The van der Waals surface area contributed by atoms with Crippen molar-refractivity contribution in [3.63, 3.8) is 0 Å². The number of carbonyl (C=O) groups is 2. The molecule has 10 nitrogen and oxygen atoms in total. The third-order valence-electron chi connectivity index (χ3n) is 5.28. The number of benzene rings is 2. The number of carbonyl (C=O) groups excluding carboxylic acids is 2. The summed E-state index contributed by atoms with van der Waals surface area (Å²) in [6, 6.07) is 14.7. The number of aliphatic imine (C=N–C) groups is 2. The van der Waals surface area contributed by atoms with Gasteiger partial charge in [-0.1, -0.05) is 0 Å². The molecule has 2 aliphatic heterocycles. The SMILES string of the molecule is O=C(Nc1ccc(C2=NCCN2)cc1)c1cncc(C(=O)Nc2ccc(C3=NCCN3)cc2)n1. The van der Waals surface area contributed by atoms with Crippen molar-refractivity contribution in [1.29, 1.82) is 0 Å². The van der Waals surface area contributed by atoms with E-state index >= 15 is 0 Å². The molecule has 0 radical (unpaired) electrons. The van der Waals surface area contributed by atoms with E-state index in [0.29, 0.717) is 11.4 Å². The van der Waals surface area contributed by atoms with Crippen LogP contribution in [0.15, 0.2) is 70.9 Å². The van der Waals surface area contributed by atoms with Gasteiger partial charge in [0.25, 0.3) is 11.8 Å². The molecule has 0 spiro atoms. The first-order valence-corrected chi connectivity index (χ1v) is 10.9. The minimum absolute atomic E-state index is 0.0410. The number of rotatable bonds is 6. The number of hydrogen-bond donors (Lipinski definition) is 4. The van der Waals surface area contributed by atoms with Crippen molar-refractivity contribution >= 4 is 34.9 Å². The summed E-state index contributed by atoms with van der Waals surface area (Å²) in [5.41, 5.74) is 3.19. The van der Waals surface area contributed by atoms with Crippen LogP contribution in [0.25, 0.3) is 0 Å². The molecule has 0 fully saturated rings. The number of anilines is 2. The molecule has 0 aliphatic carbocycles. The number of nitrogens with zero attached hydrogens (tertiary/aromatic N) is 4. The Balaban J connectivity index is 1.22. The number of amidine groups is 2. The van der Waals surface area contributed by atoms with Gasteiger partial charge in [0.1, 0.15) is 23.1 Å². The van der Waals surface area contributed by atoms with Gasteiger partial charge in [-0.15, -0.1) is 0 Å². The maximum absolute atomic E-state index is 12.7. The van der Waals surface area contributed by atoms with E-state index < -0.39 is 11.8 Å². The van der Waals surface area contributed by atoms with Crippen molar-refractivity contribution in [2.24, 2.45) is 9.98 Å². The molecule has 0 atom stereocenters. The molecular weight excluding hydrogens is 432 g/mol. The Morgan fingerprint density at radius 1 is 0.676 bits per heavy atom. The van der Waals surface area contributed by atoms with Crippen molar-refractivity contribution in [1.82, 2.24) is 20.6 Å². The summed E-state index contributed by atoms with van der Waals surface area (Å²) in [7, 11) is 0. The normalized spacial score (nSPS) is 14.5. The molecule has 2 aromatic carbocycles. The first kappa shape index (κ1) is 21.3. The zero-order chi connectivity index (χ0) is 23.3. The quantitative estimate of drug-likeness (QED) is 0.448. The van der Waals surface area contributed by atoms with Crippen molar-refractivity contribution in [3.05, 3.63) is 83.4 Å². The topological polar surface area (TPSA) is 133 Å². The van der Waals surface area contributed by atoms with E-state index in [1.54, 1.807) is 24.3 Å². The van der Waals surface area contributed by atoms with Crippen molar-refractivity contribution in [2.45, 2.75) is 0 Å². The van der Waals surface area contributed by atoms with E-state index in [1.807, 2.05) is 24.3 Å². The molecule has 0 saturated carbocycles. The predicted octanol–water partition coefficient (Wildman–Crippen LogP) is 1.68. The maximum atomic E-state index is 12.7. The molecule has 0 saturated heterocycles. The third-order valence-corrected chi connectivity index (χ3v) is 5.28. The molecule has 10 heteroatoms. The second-order valence-corrected chi connectivity index (χ2v) is 7.67. The van der Waals surface area contributed by atoms with Gasteiger partial charge in [-0.05, 0) is 48.5 Å². The third kappa shape index (κ3) is 4.75. The van der Waals surface area contributed by atoms with E-state index in [1.165, 1.54) is 12.4 Å². The van der Waals surface area contributed by atoms with Gasteiger partial charge in [0, 0.05) is 35.6 Å². The Hall–Kier alpha value is -4.60. The van der Waals surface area contributed by atoms with Crippen LogP contribution in [-0.2, 0) is 0 Å². The van der Waals surface area contributed by atoms with Crippen LogP contribution in [0.2, 0.25) is 0 Å². The van der Waals surface area contributed by atoms with Crippen LogP contribution in [0.1, 0.15) is 32.1 Å². The van der Waals surface area contributed by atoms with Crippen LogP contribution < -0.4 is 21.3 Å². The second kappa shape index (κ2) is 9.49. The lowest BCUT2D eigenvalue weighted by Gasteiger charge is -2.09. The summed E-state index contributed by atoms with van der Waals surface area (Å²) in [4.78, 5) is 42.3. The fourth-order valence-corrected chi connectivity index (χ4v) is 3.58. The number of amides is 2. The number of aromatic nitrogens is 2. The Morgan fingerprint density at radius 2 is 1.12 bits per heavy atom. The summed E-state index contributed by atoms with van der Waals surface area (Å²) < 4.78 is 0. The molecule has 0 bridgehead atoms. The summed E-state index contributed by atoms with van der Waals surface area (Å²) in [5.74, 6) is 0.781. The molecule has 3 aromatic rings. The van der Waals surface area contributed by atoms with Gasteiger partial charge < -0.3 is 21.3 Å². The highest BCUT2D eigenvalue weighted by Gasteiger charge is 2.15. The van der Waals surface area contributed by atoms with E-state index in [2.05, 4.69) is 41.2 Å². The van der Waals surface area contributed by atoms with E-state index in [0.717, 1.165) is 49.0 Å². The Bertz CT molecular complexity index is 1190. The number of hydrogen-bond acceptors (Lipinski definition) is 8. The van der Waals surface area contributed by atoms with E-state index in [9.17, 15) is 9.59 Å². The van der Waals surface area contributed by atoms with E-state index in [-0.39, 0.29) is 11.4 Å². The summed E-state index contributed by atoms with van der Waals surface area (Å²) in [6.07, 6.45) is 2.64. The van der Waals surface area contributed by atoms with E-state index in [4.69, 9.17) is 0 Å². The molecule has 1 aromatic heterocycles. The van der Waals surface area contributed by atoms with Gasteiger partial charge in [0.05, 0.1) is 25.5 Å². The Kier molecular flexibility index (Phi) is 5.93. The molecule has 2 amide bonds. The van der Waals surface area contributed by atoms with Crippen LogP contribution in [0, 0.1) is 0 Å². The van der Waals surface area contributed by atoms with Crippen molar-refractivity contribution in [3.8, 4) is 0 Å². The van der Waals surface area contributed by atoms with Gasteiger partial charge in [-0.3, -0.25) is 24.6 Å². The Morgan fingerprint density at radius 3 is 1.50 bits per heavy atom. The van der Waals surface area contributed by atoms with Crippen LogP contribution in [0.5, 0.6) is 0 Å². The van der Waals surface area contributed by atoms with Gasteiger partial charge in [-0.25, -0.2) is 4.98 Å². The van der Waals surface area contributed by atoms with Crippen molar-refractivity contribution < 1.29 is 9.59 Å². The first-order valence-electron chi connectivity index (χ1n) is 10.9. The fraction of sp³-hybridized carbons (Fsp3) is 0.167. The molecule has 170 valence electrons. The molecule has 2 aliphatic rings. The average Bonchev–Trinajstić information content (AvgIpc) is 3.60. The predicted molar refractivity (Wildman–Crippen MR) is 130 cm³/mol. The maximum Gasteiger partial charge on any atom is 0.275 e. The molecule has 5 rings (SSSR count). The monoisotopic (exact) mass is 454 g/mol. The number of nitrogens with one attached hydrogen (secondary N) is 4. The lowest BCUT2D eigenvalue weighted by Crippen LogP contribution is -2.20. The summed E-state index contributed by atoms with van der Waals surface area (Å²) >= 11 is 0. The first-order chi connectivity index (χ1) is 16.7. The van der Waals surface area contributed by atoms with Crippen molar-refractivity contribution in [2.75, 3.05) is 36.8 Å². The zero-order valence-corrected chi connectivity index (χ0v) is 18.2. The average molecular weight is 454 g/mol. The lowest BCUT2D eigenvalue weighted by molar-refractivity contribution is 0.101. The highest BCUT2D eigenvalue weighted by atomic mass is 16.2. The minimum atomic E-state index is -0.458. The summed E-state index contributed by atoms with van der Waals surface area (Å²) in [5, 5.41) is 12.0. The van der Waals surface area contributed by atoms with Crippen LogP contribution >= 0.6 is 0 Å². The van der Waals surface area contributed by atoms with Gasteiger partial charge in [0.2, 0.25) is 0 Å². The zero-order valence-electron chi connectivity index (χ0n) is 18.2. The molecule has 34 heavy (non-hydrogen) atoms. The molecular formula is C24H22N8O2. The molecule has 0 unspecified atom stereocenters. The second-order valence-electron chi connectivity index (χ2n) is 7.67. The highest BCUT2D eigenvalue weighted by Crippen LogP contribution is 2.14. The smallest absolute Gasteiger partial charge is 0.275 e. The van der Waals surface area contributed by atoms with Crippen LogP contribution in [-0.4, -0.2) is 59.6 Å².